The van der Waals surface area contributed by atoms with Crippen molar-refractivity contribution in [3.8, 4) is 0 Å². The number of carbonyl (C=O) groups excluding carboxylic acids is 1. The van der Waals surface area contributed by atoms with Crippen LogP contribution in [0.2, 0.25) is 0 Å². The average molecular weight is 358 g/mol. The SMILES string of the molecule is CC12CCCC1C1C(C(=O)O)CC3=CC(=O)C=C(C(=O)O)C3(C)C1CC2. The molecule has 5 heteroatoms. The molecule has 0 aromatic carbocycles. The number of ketones is 1. The smallest absolute Gasteiger partial charge is 0.332 e. The molecule has 0 bridgehead atoms. The van der Waals surface area contributed by atoms with Crippen LogP contribution in [0, 0.1) is 34.5 Å². The van der Waals surface area contributed by atoms with Gasteiger partial charge in [-0.1, -0.05) is 25.8 Å². The Balaban J connectivity index is 1.86. The highest BCUT2D eigenvalue weighted by Gasteiger charge is 2.62. The first kappa shape index (κ1) is 17.5. The van der Waals surface area contributed by atoms with Crippen LogP contribution in [-0.4, -0.2) is 27.9 Å². The first-order chi connectivity index (χ1) is 12.2. The molecule has 0 heterocycles. The largest absolute Gasteiger partial charge is 0.481 e. The van der Waals surface area contributed by atoms with Crippen molar-refractivity contribution in [2.24, 2.45) is 34.5 Å². The highest BCUT2D eigenvalue weighted by molar-refractivity contribution is 6.08. The van der Waals surface area contributed by atoms with Gasteiger partial charge in [-0.25, -0.2) is 4.79 Å². The van der Waals surface area contributed by atoms with Gasteiger partial charge in [0.15, 0.2) is 5.78 Å². The molecule has 5 nitrogen and oxygen atoms in total. The van der Waals surface area contributed by atoms with Crippen LogP contribution in [0.15, 0.2) is 23.3 Å². The van der Waals surface area contributed by atoms with Gasteiger partial charge < -0.3 is 10.2 Å². The van der Waals surface area contributed by atoms with Crippen molar-refractivity contribution in [3.05, 3.63) is 23.3 Å². The molecule has 26 heavy (non-hydrogen) atoms. The lowest BCUT2D eigenvalue weighted by atomic mass is 9.44. The van der Waals surface area contributed by atoms with E-state index >= 15 is 0 Å². The van der Waals surface area contributed by atoms with Crippen molar-refractivity contribution in [1.29, 1.82) is 0 Å². The van der Waals surface area contributed by atoms with Crippen molar-refractivity contribution < 1.29 is 24.6 Å². The summed E-state index contributed by atoms with van der Waals surface area (Å²) in [7, 11) is 0. The second-order valence-electron chi connectivity index (χ2n) is 9.16. The first-order valence-corrected chi connectivity index (χ1v) is 9.62. The van der Waals surface area contributed by atoms with E-state index in [9.17, 15) is 24.6 Å². The van der Waals surface area contributed by atoms with Gasteiger partial charge in [0, 0.05) is 5.41 Å². The number of allylic oxidation sites excluding steroid dienone is 3. The van der Waals surface area contributed by atoms with Gasteiger partial charge in [-0.2, -0.15) is 0 Å². The van der Waals surface area contributed by atoms with E-state index in [1.807, 2.05) is 6.92 Å². The molecule has 4 rings (SSSR count). The third-order valence-corrected chi connectivity index (χ3v) is 8.14. The summed E-state index contributed by atoms with van der Waals surface area (Å²) < 4.78 is 0. The Kier molecular flexibility index (Phi) is 3.73. The van der Waals surface area contributed by atoms with Crippen LogP contribution in [0.1, 0.15) is 52.4 Å². The summed E-state index contributed by atoms with van der Waals surface area (Å²) in [6.45, 7) is 4.21. The molecule has 0 aromatic rings. The minimum atomic E-state index is -1.06. The number of hydrogen-bond acceptors (Lipinski definition) is 3. The number of carboxylic acid groups (broad SMARTS) is 2. The summed E-state index contributed by atoms with van der Waals surface area (Å²) in [5, 5.41) is 19.8. The molecule has 6 unspecified atom stereocenters. The van der Waals surface area contributed by atoms with Crippen molar-refractivity contribution >= 4 is 17.7 Å². The van der Waals surface area contributed by atoms with Crippen LogP contribution in [-0.2, 0) is 14.4 Å². The van der Waals surface area contributed by atoms with Crippen LogP contribution in [0.25, 0.3) is 0 Å². The maximum Gasteiger partial charge on any atom is 0.332 e. The Labute approximate surface area is 153 Å². The molecule has 0 spiro atoms. The van der Waals surface area contributed by atoms with Gasteiger partial charge in [0.25, 0.3) is 0 Å². The zero-order valence-electron chi connectivity index (χ0n) is 15.3. The number of rotatable bonds is 2. The average Bonchev–Trinajstić information content (AvgIpc) is 2.95. The van der Waals surface area contributed by atoms with E-state index < -0.39 is 23.3 Å². The van der Waals surface area contributed by atoms with E-state index in [4.69, 9.17) is 0 Å². The second kappa shape index (κ2) is 5.54. The lowest BCUT2D eigenvalue weighted by Gasteiger charge is -2.58. The minimum absolute atomic E-state index is 0.0214. The predicted octanol–water partition coefficient (Wildman–Crippen LogP) is 3.45. The fourth-order valence-corrected chi connectivity index (χ4v) is 6.87. The summed E-state index contributed by atoms with van der Waals surface area (Å²) in [6, 6.07) is 0. The maximum absolute atomic E-state index is 12.1. The second-order valence-corrected chi connectivity index (χ2v) is 9.16. The fraction of sp³-hybridized carbons (Fsp3) is 0.667. The van der Waals surface area contributed by atoms with Gasteiger partial charge in [0.2, 0.25) is 0 Å². The van der Waals surface area contributed by atoms with Crippen LogP contribution < -0.4 is 0 Å². The van der Waals surface area contributed by atoms with Gasteiger partial charge in [-0.05, 0) is 67.4 Å². The first-order valence-electron chi connectivity index (χ1n) is 9.62. The Morgan fingerprint density at radius 1 is 1.08 bits per heavy atom. The van der Waals surface area contributed by atoms with Crippen LogP contribution >= 0.6 is 0 Å². The molecule has 6 atom stereocenters. The number of hydrogen-bond donors (Lipinski definition) is 2. The lowest BCUT2D eigenvalue weighted by Crippen LogP contribution is -2.55. The lowest BCUT2D eigenvalue weighted by molar-refractivity contribution is -0.153. The summed E-state index contributed by atoms with van der Waals surface area (Å²) in [6.07, 6.45) is 8.16. The maximum atomic E-state index is 12.1. The summed E-state index contributed by atoms with van der Waals surface area (Å²) in [5.74, 6) is -2.45. The molecule has 3 fully saturated rings. The van der Waals surface area contributed by atoms with Crippen molar-refractivity contribution in [2.45, 2.75) is 52.4 Å². The van der Waals surface area contributed by atoms with Crippen molar-refractivity contribution in [1.82, 2.24) is 0 Å². The summed E-state index contributed by atoms with van der Waals surface area (Å²) >= 11 is 0. The van der Waals surface area contributed by atoms with E-state index in [1.165, 1.54) is 12.2 Å². The monoisotopic (exact) mass is 358 g/mol. The molecule has 0 aromatic heterocycles. The molecule has 140 valence electrons. The zero-order valence-corrected chi connectivity index (χ0v) is 15.3. The van der Waals surface area contributed by atoms with Crippen LogP contribution in [0.5, 0.6) is 0 Å². The molecule has 0 radical (unpaired) electrons. The van der Waals surface area contributed by atoms with Gasteiger partial charge in [0.05, 0.1) is 11.5 Å². The van der Waals surface area contributed by atoms with E-state index in [-0.39, 0.29) is 35.0 Å². The summed E-state index contributed by atoms with van der Waals surface area (Å²) in [4.78, 5) is 36.2. The van der Waals surface area contributed by atoms with Crippen LogP contribution in [0.3, 0.4) is 0 Å². The number of carboxylic acids is 2. The van der Waals surface area contributed by atoms with Crippen molar-refractivity contribution in [2.75, 3.05) is 0 Å². The van der Waals surface area contributed by atoms with E-state index in [0.29, 0.717) is 11.5 Å². The highest BCUT2D eigenvalue weighted by Crippen LogP contribution is 2.67. The standard InChI is InChI=1S/C21H26O5/c1-20-6-3-4-14(20)17-13(18(23)24)9-11-8-12(22)10-16(19(25)26)21(11,2)15(17)5-7-20/h8,10,13-15,17H,3-7,9H2,1-2H3,(H,23,24)(H,25,26). The number of aliphatic carboxylic acids is 2. The Morgan fingerprint density at radius 3 is 2.46 bits per heavy atom. The van der Waals surface area contributed by atoms with E-state index in [2.05, 4.69) is 6.92 Å². The van der Waals surface area contributed by atoms with Gasteiger partial charge in [-0.3, -0.25) is 9.59 Å². The molecular weight excluding hydrogens is 332 g/mol. The van der Waals surface area contributed by atoms with Gasteiger partial charge in [0.1, 0.15) is 0 Å². The Bertz CT molecular complexity index is 762. The molecule has 4 aliphatic carbocycles. The molecule has 3 saturated carbocycles. The molecule has 2 N–H and O–H groups in total. The van der Waals surface area contributed by atoms with Crippen LogP contribution in [0.4, 0.5) is 0 Å². The number of carbonyl (C=O) groups is 3. The number of fused-ring (bicyclic) bond motifs is 5. The zero-order chi connectivity index (χ0) is 18.9. The third-order valence-electron chi connectivity index (χ3n) is 8.14. The van der Waals surface area contributed by atoms with Gasteiger partial charge >= 0.3 is 11.9 Å². The Morgan fingerprint density at radius 2 is 1.81 bits per heavy atom. The quantitative estimate of drug-likeness (QED) is 0.789. The van der Waals surface area contributed by atoms with E-state index in [1.54, 1.807) is 0 Å². The van der Waals surface area contributed by atoms with Gasteiger partial charge in [-0.15, -0.1) is 0 Å². The molecule has 0 saturated heterocycles. The summed E-state index contributed by atoms with van der Waals surface area (Å²) in [5.41, 5.74) is 0.294. The predicted molar refractivity (Wildman–Crippen MR) is 94.3 cm³/mol. The normalized spacial score (nSPS) is 44.3. The molecule has 4 aliphatic rings. The molecular formula is C21H26O5. The Hall–Kier alpha value is -1.91. The van der Waals surface area contributed by atoms with E-state index in [0.717, 1.165) is 32.1 Å². The van der Waals surface area contributed by atoms with Crippen molar-refractivity contribution in [3.63, 3.8) is 0 Å². The molecule has 0 amide bonds. The topological polar surface area (TPSA) is 91.7 Å². The fourth-order valence-electron chi connectivity index (χ4n) is 6.87. The third kappa shape index (κ3) is 2.18. The minimum Gasteiger partial charge on any atom is -0.481 e. The molecule has 0 aliphatic heterocycles. The highest BCUT2D eigenvalue weighted by atomic mass is 16.4.